The highest BCUT2D eigenvalue weighted by Crippen LogP contribution is 2.34. The SMILES string of the molecule is COc1cc(C)c(C)cc1S(=O)(=O)N1CCOCC1(C)C. The number of methoxy groups -OCH3 is 1. The fourth-order valence-corrected chi connectivity index (χ4v) is 4.51. The standard InChI is InChI=1S/C15H23NO4S/c1-11-8-13(19-5)14(9-12(11)2)21(17,18)16-6-7-20-10-15(16,3)4/h8-9H,6-7,10H2,1-5H3. The van der Waals surface area contributed by atoms with E-state index in [2.05, 4.69) is 0 Å². The number of aryl methyl sites for hydroxylation is 2. The molecular formula is C15H23NO4S. The van der Waals surface area contributed by atoms with E-state index < -0.39 is 15.6 Å². The second-order valence-corrected chi connectivity index (χ2v) is 7.86. The van der Waals surface area contributed by atoms with Crippen molar-refractivity contribution in [2.24, 2.45) is 0 Å². The molecule has 0 bridgehead atoms. The van der Waals surface area contributed by atoms with Gasteiger partial charge in [-0.05, 0) is 51.0 Å². The van der Waals surface area contributed by atoms with Crippen LogP contribution in [-0.2, 0) is 14.8 Å². The van der Waals surface area contributed by atoms with Crippen LogP contribution < -0.4 is 4.74 Å². The molecule has 1 aliphatic rings. The minimum absolute atomic E-state index is 0.225. The first-order valence-electron chi connectivity index (χ1n) is 6.96. The maximum absolute atomic E-state index is 13.0. The fraction of sp³-hybridized carbons (Fsp3) is 0.600. The van der Waals surface area contributed by atoms with Gasteiger partial charge in [0.2, 0.25) is 10.0 Å². The van der Waals surface area contributed by atoms with E-state index in [4.69, 9.17) is 9.47 Å². The normalized spacial score (nSPS) is 19.5. The van der Waals surface area contributed by atoms with Crippen molar-refractivity contribution in [2.75, 3.05) is 26.9 Å². The Morgan fingerprint density at radius 2 is 1.86 bits per heavy atom. The lowest BCUT2D eigenvalue weighted by atomic mass is 10.1. The van der Waals surface area contributed by atoms with Crippen molar-refractivity contribution < 1.29 is 17.9 Å². The van der Waals surface area contributed by atoms with Crippen LogP contribution in [0.25, 0.3) is 0 Å². The van der Waals surface area contributed by atoms with Crippen LogP contribution in [0.5, 0.6) is 5.75 Å². The summed E-state index contributed by atoms with van der Waals surface area (Å²) in [7, 11) is -2.13. The molecule has 0 atom stereocenters. The van der Waals surface area contributed by atoms with Gasteiger partial charge in [-0.15, -0.1) is 0 Å². The van der Waals surface area contributed by atoms with Gasteiger partial charge < -0.3 is 9.47 Å². The zero-order valence-electron chi connectivity index (χ0n) is 13.3. The molecule has 21 heavy (non-hydrogen) atoms. The van der Waals surface area contributed by atoms with Gasteiger partial charge in [0.15, 0.2) is 0 Å². The minimum Gasteiger partial charge on any atom is -0.495 e. The van der Waals surface area contributed by atoms with Crippen molar-refractivity contribution in [1.82, 2.24) is 4.31 Å². The van der Waals surface area contributed by atoms with E-state index in [1.54, 1.807) is 12.1 Å². The molecule has 1 heterocycles. The van der Waals surface area contributed by atoms with Crippen LogP contribution in [0.3, 0.4) is 0 Å². The molecule has 0 aliphatic carbocycles. The molecule has 5 nitrogen and oxygen atoms in total. The molecule has 0 saturated carbocycles. The number of rotatable bonds is 3. The highest BCUT2D eigenvalue weighted by Gasteiger charge is 2.41. The van der Waals surface area contributed by atoms with Crippen LogP contribution in [0.4, 0.5) is 0 Å². The highest BCUT2D eigenvalue weighted by molar-refractivity contribution is 7.89. The zero-order valence-corrected chi connectivity index (χ0v) is 14.1. The van der Waals surface area contributed by atoms with Crippen LogP contribution in [0.2, 0.25) is 0 Å². The van der Waals surface area contributed by atoms with Gasteiger partial charge in [-0.1, -0.05) is 0 Å². The maximum atomic E-state index is 13.0. The van der Waals surface area contributed by atoms with E-state index in [1.807, 2.05) is 27.7 Å². The molecular weight excluding hydrogens is 290 g/mol. The second kappa shape index (κ2) is 5.59. The predicted molar refractivity (Wildman–Crippen MR) is 81.3 cm³/mol. The first-order valence-corrected chi connectivity index (χ1v) is 8.40. The summed E-state index contributed by atoms with van der Waals surface area (Å²) in [6.45, 7) is 8.74. The lowest BCUT2D eigenvalue weighted by molar-refractivity contribution is -0.00776. The smallest absolute Gasteiger partial charge is 0.247 e. The Bertz CT molecular complexity index is 637. The Balaban J connectivity index is 2.56. The number of sulfonamides is 1. The Kier molecular flexibility index (Phi) is 4.33. The summed E-state index contributed by atoms with van der Waals surface area (Å²) in [5, 5.41) is 0. The van der Waals surface area contributed by atoms with Gasteiger partial charge in [0, 0.05) is 6.54 Å². The quantitative estimate of drug-likeness (QED) is 0.857. The molecule has 1 fully saturated rings. The fourth-order valence-electron chi connectivity index (χ4n) is 2.53. The third-order valence-electron chi connectivity index (χ3n) is 3.92. The molecule has 1 aromatic carbocycles. The van der Waals surface area contributed by atoms with Crippen LogP contribution in [-0.4, -0.2) is 45.1 Å². The molecule has 0 spiro atoms. The summed E-state index contributed by atoms with van der Waals surface area (Å²) in [5.41, 5.74) is 1.37. The largest absolute Gasteiger partial charge is 0.495 e. The van der Waals surface area contributed by atoms with Gasteiger partial charge >= 0.3 is 0 Å². The Morgan fingerprint density at radius 3 is 2.43 bits per heavy atom. The summed E-state index contributed by atoms with van der Waals surface area (Å²) >= 11 is 0. The topological polar surface area (TPSA) is 55.8 Å². The number of morpholine rings is 1. The van der Waals surface area contributed by atoms with Crippen molar-refractivity contribution in [3.05, 3.63) is 23.3 Å². The molecule has 1 saturated heterocycles. The number of nitrogens with zero attached hydrogens (tertiary/aromatic N) is 1. The van der Waals surface area contributed by atoms with E-state index in [1.165, 1.54) is 11.4 Å². The van der Waals surface area contributed by atoms with Gasteiger partial charge in [-0.25, -0.2) is 8.42 Å². The van der Waals surface area contributed by atoms with Gasteiger partial charge in [0.05, 0.1) is 25.9 Å². The zero-order chi connectivity index (χ0) is 15.8. The van der Waals surface area contributed by atoms with E-state index >= 15 is 0 Å². The molecule has 0 aromatic heterocycles. The van der Waals surface area contributed by atoms with Crippen LogP contribution in [0, 0.1) is 13.8 Å². The third kappa shape index (κ3) is 2.93. The Hall–Kier alpha value is -1.11. The molecule has 1 aliphatic heterocycles. The number of hydrogen-bond donors (Lipinski definition) is 0. The summed E-state index contributed by atoms with van der Waals surface area (Å²) in [6.07, 6.45) is 0. The van der Waals surface area contributed by atoms with Gasteiger partial charge in [0.1, 0.15) is 10.6 Å². The summed E-state index contributed by atoms with van der Waals surface area (Å²) in [4.78, 5) is 0.225. The van der Waals surface area contributed by atoms with E-state index in [0.29, 0.717) is 25.5 Å². The van der Waals surface area contributed by atoms with E-state index in [-0.39, 0.29) is 4.90 Å². The number of benzene rings is 1. The van der Waals surface area contributed by atoms with Crippen LogP contribution >= 0.6 is 0 Å². The molecule has 0 unspecified atom stereocenters. The molecule has 0 N–H and O–H groups in total. The van der Waals surface area contributed by atoms with E-state index in [9.17, 15) is 8.42 Å². The minimum atomic E-state index is -3.62. The summed E-state index contributed by atoms with van der Waals surface area (Å²) < 4.78 is 38.3. The van der Waals surface area contributed by atoms with Crippen LogP contribution in [0.1, 0.15) is 25.0 Å². The number of ether oxygens (including phenoxy) is 2. The molecule has 1 aromatic rings. The number of hydrogen-bond acceptors (Lipinski definition) is 4. The lowest BCUT2D eigenvalue weighted by Crippen LogP contribution is -2.55. The first-order chi connectivity index (χ1) is 9.70. The monoisotopic (exact) mass is 313 g/mol. The van der Waals surface area contributed by atoms with Crippen molar-refractivity contribution in [3.63, 3.8) is 0 Å². The maximum Gasteiger partial charge on any atom is 0.247 e. The average molecular weight is 313 g/mol. The molecule has 2 rings (SSSR count). The molecule has 0 amide bonds. The van der Waals surface area contributed by atoms with Gasteiger partial charge in [-0.2, -0.15) is 4.31 Å². The average Bonchev–Trinajstić information content (AvgIpc) is 2.40. The lowest BCUT2D eigenvalue weighted by Gasteiger charge is -2.40. The van der Waals surface area contributed by atoms with Crippen molar-refractivity contribution in [2.45, 2.75) is 38.1 Å². The highest BCUT2D eigenvalue weighted by atomic mass is 32.2. The van der Waals surface area contributed by atoms with E-state index in [0.717, 1.165) is 11.1 Å². The first kappa shape index (κ1) is 16.3. The molecule has 0 radical (unpaired) electrons. The Morgan fingerprint density at radius 1 is 1.24 bits per heavy atom. The van der Waals surface area contributed by atoms with Crippen LogP contribution in [0.15, 0.2) is 17.0 Å². The second-order valence-electron chi connectivity index (χ2n) is 6.03. The Labute approximate surface area is 126 Å². The van der Waals surface area contributed by atoms with Crippen molar-refractivity contribution in [3.8, 4) is 5.75 Å². The van der Waals surface area contributed by atoms with Crippen molar-refractivity contribution in [1.29, 1.82) is 0 Å². The molecule has 6 heteroatoms. The van der Waals surface area contributed by atoms with Gasteiger partial charge in [-0.3, -0.25) is 0 Å². The molecule has 118 valence electrons. The van der Waals surface area contributed by atoms with Crippen molar-refractivity contribution >= 4 is 10.0 Å². The predicted octanol–water partition coefficient (Wildman–Crippen LogP) is 2.11. The third-order valence-corrected chi connectivity index (χ3v) is 6.05. The van der Waals surface area contributed by atoms with Gasteiger partial charge in [0.25, 0.3) is 0 Å². The summed E-state index contributed by atoms with van der Waals surface area (Å²) in [6, 6.07) is 3.46. The summed E-state index contributed by atoms with van der Waals surface area (Å²) in [5.74, 6) is 0.389.